The summed E-state index contributed by atoms with van der Waals surface area (Å²) >= 11 is 0. The standard InChI is InChI=1S/4C6H10O2.Pb/c4*1-4(2)5(3)6(7)8;/h4*1-3H3,(H,7,8);/q;;;;+4/p-4. The largest absolute Gasteiger partial charge is 4.00 e. The van der Waals surface area contributed by atoms with Crippen LogP contribution in [0.1, 0.15) is 83.1 Å². The van der Waals surface area contributed by atoms with Gasteiger partial charge in [-0.2, -0.15) is 0 Å². The Morgan fingerprint density at radius 3 is 0.424 bits per heavy atom. The van der Waals surface area contributed by atoms with E-state index in [0.29, 0.717) is 22.3 Å². The SMILES string of the molecule is CC(C)=C(C)C(=O)[O-].CC(C)=C(C)C(=O)[O-].CC(C)=C(C)C(=O)[O-].CC(C)=C(C)C(=O)[O-].[Pb+4]. The van der Waals surface area contributed by atoms with Crippen LogP contribution in [0, 0.1) is 0 Å². The maximum Gasteiger partial charge on any atom is 4.00 e. The monoisotopic (exact) mass is 660 g/mol. The van der Waals surface area contributed by atoms with Crippen LogP contribution in [-0.4, -0.2) is 51.2 Å². The number of aliphatic carboxylic acids is 4. The van der Waals surface area contributed by atoms with Gasteiger partial charge in [0, 0.05) is 0 Å². The van der Waals surface area contributed by atoms with E-state index in [1.165, 1.54) is 27.7 Å². The summed E-state index contributed by atoms with van der Waals surface area (Å²) in [5.41, 5.74) is 4.48. The molecule has 0 aromatic heterocycles. The van der Waals surface area contributed by atoms with Crippen LogP contribution in [0.25, 0.3) is 0 Å². The van der Waals surface area contributed by atoms with Gasteiger partial charge < -0.3 is 39.6 Å². The van der Waals surface area contributed by atoms with Gasteiger partial charge >= 0.3 is 27.3 Å². The number of hydrogen-bond acceptors (Lipinski definition) is 8. The molecule has 0 radical (unpaired) electrons. The van der Waals surface area contributed by atoms with Crippen molar-refractivity contribution in [3.05, 3.63) is 44.6 Å². The van der Waals surface area contributed by atoms with Crippen molar-refractivity contribution in [2.45, 2.75) is 83.1 Å². The fourth-order valence-corrected chi connectivity index (χ4v) is 0.816. The van der Waals surface area contributed by atoms with Crippen molar-refractivity contribution >= 4 is 51.2 Å². The van der Waals surface area contributed by atoms with Crippen LogP contribution in [-0.2, 0) is 19.2 Å². The summed E-state index contributed by atoms with van der Waals surface area (Å²) in [5.74, 6) is -4.31. The van der Waals surface area contributed by atoms with Gasteiger partial charge in [0.2, 0.25) is 0 Å². The first-order chi connectivity index (χ1) is 14.2. The van der Waals surface area contributed by atoms with E-state index < -0.39 is 23.9 Å². The van der Waals surface area contributed by atoms with Crippen molar-refractivity contribution in [3.8, 4) is 0 Å². The molecule has 0 aliphatic rings. The molecule has 0 aliphatic carbocycles. The van der Waals surface area contributed by atoms with Gasteiger partial charge in [0.15, 0.2) is 0 Å². The average molecular weight is 660 g/mol. The zero-order chi connectivity index (χ0) is 26.9. The third-order valence-electron chi connectivity index (χ3n) is 4.22. The quantitative estimate of drug-likeness (QED) is 0.301. The van der Waals surface area contributed by atoms with Crippen molar-refractivity contribution in [1.82, 2.24) is 0 Å². The molecule has 0 spiro atoms. The molecule has 0 saturated heterocycles. The Bertz CT molecular complexity index is 660. The first-order valence-electron chi connectivity index (χ1n) is 9.63. The van der Waals surface area contributed by atoms with Crippen LogP contribution >= 0.6 is 0 Å². The van der Waals surface area contributed by atoms with E-state index in [0.717, 1.165) is 22.3 Å². The Hall–Kier alpha value is -2.24. The topological polar surface area (TPSA) is 161 Å². The van der Waals surface area contributed by atoms with Gasteiger partial charge in [0.05, 0.1) is 23.9 Å². The minimum Gasteiger partial charge on any atom is -0.545 e. The number of carbonyl (C=O) groups excluding carboxylic acids is 4. The number of carboxylic acid groups (broad SMARTS) is 4. The van der Waals surface area contributed by atoms with Crippen LogP contribution in [0.15, 0.2) is 44.6 Å². The Labute approximate surface area is 217 Å². The molecule has 0 fully saturated rings. The number of carbonyl (C=O) groups is 4. The second-order valence-corrected chi connectivity index (χ2v) is 7.65. The zero-order valence-electron chi connectivity index (χ0n) is 21.8. The smallest absolute Gasteiger partial charge is 0.545 e. The third-order valence-corrected chi connectivity index (χ3v) is 4.22. The number of hydrogen-bond donors (Lipinski definition) is 0. The molecule has 0 amide bonds. The summed E-state index contributed by atoms with van der Waals surface area (Å²) in [6.07, 6.45) is 0. The fourth-order valence-electron chi connectivity index (χ4n) is 0.816. The molecule has 0 aromatic carbocycles. The van der Waals surface area contributed by atoms with E-state index in [2.05, 4.69) is 0 Å². The van der Waals surface area contributed by atoms with Crippen molar-refractivity contribution in [3.63, 3.8) is 0 Å². The molecule has 9 heteroatoms. The van der Waals surface area contributed by atoms with Gasteiger partial charge in [-0.15, -0.1) is 0 Å². The molecular formula is C24H36O8Pb. The van der Waals surface area contributed by atoms with E-state index in [1.54, 1.807) is 55.4 Å². The molecule has 184 valence electrons. The van der Waals surface area contributed by atoms with Crippen LogP contribution in [0.3, 0.4) is 0 Å². The molecule has 0 heterocycles. The maximum atomic E-state index is 9.97. The van der Waals surface area contributed by atoms with Gasteiger partial charge in [-0.05, 0) is 105 Å². The summed E-state index contributed by atoms with van der Waals surface area (Å²) in [5, 5.41) is 39.9. The van der Waals surface area contributed by atoms with Crippen LogP contribution in [0.2, 0.25) is 0 Å². The van der Waals surface area contributed by atoms with Gasteiger partial charge in [0.1, 0.15) is 0 Å². The van der Waals surface area contributed by atoms with Gasteiger partial charge in [-0.1, -0.05) is 22.3 Å². The molecule has 0 unspecified atom stereocenters. The van der Waals surface area contributed by atoms with Gasteiger partial charge in [-0.3, -0.25) is 0 Å². The molecular weight excluding hydrogens is 623 g/mol. The molecule has 33 heavy (non-hydrogen) atoms. The van der Waals surface area contributed by atoms with Crippen LogP contribution in [0.5, 0.6) is 0 Å². The van der Waals surface area contributed by atoms with Gasteiger partial charge in [0.25, 0.3) is 0 Å². The van der Waals surface area contributed by atoms with Crippen molar-refractivity contribution in [2.75, 3.05) is 0 Å². The van der Waals surface area contributed by atoms with E-state index in [4.69, 9.17) is 0 Å². The Morgan fingerprint density at radius 2 is 0.424 bits per heavy atom. The summed E-state index contributed by atoms with van der Waals surface area (Å²) in [7, 11) is 0. The summed E-state index contributed by atoms with van der Waals surface area (Å²) in [6.45, 7) is 20.1. The van der Waals surface area contributed by atoms with E-state index >= 15 is 0 Å². The van der Waals surface area contributed by atoms with Crippen molar-refractivity contribution < 1.29 is 39.6 Å². The van der Waals surface area contributed by atoms with E-state index in [9.17, 15) is 39.6 Å². The minimum atomic E-state index is -1.08. The minimum absolute atomic E-state index is 0. The zero-order valence-corrected chi connectivity index (χ0v) is 25.7. The van der Waals surface area contributed by atoms with Gasteiger partial charge in [-0.25, -0.2) is 0 Å². The Kier molecular flexibility index (Phi) is 26.9. The first-order valence-corrected chi connectivity index (χ1v) is 9.63. The molecule has 8 nitrogen and oxygen atoms in total. The predicted molar refractivity (Wildman–Crippen MR) is 122 cm³/mol. The van der Waals surface area contributed by atoms with Crippen molar-refractivity contribution in [2.24, 2.45) is 0 Å². The van der Waals surface area contributed by atoms with Crippen LogP contribution < -0.4 is 20.4 Å². The van der Waals surface area contributed by atoms with Crippen LogP contribution in [0.4, 0.5) is 0 Å². The van der Waals surface area contributed by atoms with Crippen molar-refractivity contribution in [1.29, 1.82) is 0 Å². The summed E-state index contributed by atoms with van der Waals surface area (Å²) < 4.78 is 0. The number of carboxylic acids is 4. The molecule has 0 atom stereocenters. The molecule has 0 saturated carbocycles. The third kappa shape index (κ3) is 25.9. The molecule has 0 bridgehead atoms. The number of rotatable bonds is 4. The first kappa shape index (κ1) is 41.1. The second-order valence-electron chi connectivity index (χ2n) is 7.65. The van der Waals surface area contributed by atoms with E-state index in [1.807, 2.05) is 0 Å². The molecule has 0 rings (SSSR count). The molecule has 0 N–H and O–H groups in total. The summed E-state index contributed by atoms with van der Waals surface area (Å²) in [6, 6.07) is 0. The second kappa shape index (κ2) is 21.6. The Morgan fingerprint density at radius 1 is 0.333 bits per heavy atom. The predicted octanol–water partition coefficient (Wildman–Crippen LogP) is -0.0104. The average Bonchev–Trinajstić information content (AvgIpc) is 2.65. The normalized spacial score (nSPS) is 8.12. The molecule has 0 aliphatic heterocycles. The maximum absolute atomic E-state index is 9.97. The summed E-state index contributed by atoms with van der Waals surface area (Å²) in [4.78, 5) is 39.9. The van der Waals surface area contributed by atoms with E-state index in [-0.39, 0.29) is 27.3 Å². The number of allylic oxidation sites excluding steroid dienone is 4. The molecule has 0 aromatic rings. The Balaban J connectivity index is -0.000000105. The fraction of sp³-hybridized carbons (Fsp3) is 0.500.